The van der Waals surface area contributed by atoms with Crippen LogP contribution in [0.2, 0.25) is 0 Å². The highest BCUT2D eigenvalue weighted by Gasteiger charge is 2.15. The molecule has 0 radical (unpaired) electrons. The second-order valence-electron chi connectivity index (χ2n) is 4.12. The summed E-state index contributed by atoms with van der Waals surface area (Å²) < 4.78 is 23.2. The number of aliphatic imine (C=N–C) groups is 2. The van der Waals surface area contributed by atoms with E-state index in [4.69, 9.17) is 0 Å². The third-order valence-electron chi connectivity index (χ3n) is 2.66. The maximum Gasteiger partial charge on any atom is 0.220 e. The molecule has 1 N–H and O–H groups in total. The van der Waals surface area contributed by atoms with E-state index in [0.29, 0.717) is 17.1 Å². The summed E-state index contributed by atoms with van der Waals surface area (Å²) in [5.74, 6) is 0. The lowest BCUT2D eigenvalue weighted by molar-refractivity contribution is 0.611. The fourth-order valence-electron chi connectivity index (χ4n) is 1.62. The van der Waals surface area contributed by atoms with Crippen molar-refractivity contribution < 1.29 is 8.42 Å². The summed E-state index contributed by atoms with van der Waals surface area (Å²) in [6.45, 7) is 8.94. The predicted molar refractivity (Wildman–Crippen MR) is 88.5 cm³/mol. The van der Waals surface area contributed by atoms with Gasteiger partial charge in [-0.05, 0) is 19.7 Å². The standard InChI is InChI=1S/C14H18N4O2S/c1-6-10-8-12(17-9-13(10)15-3)11(7-2)18-14(16-4)21(5,19)20/h6-9H,1,3H2,2,4-5H3,(H,16,18)/b11-7-. The van der Waals surface area contributed by atoms with Crippen LogP contribution in [0.15, 0.2) is 34.9 Å². The van der Waals surface area contributed by atoms with E-state index in [1.165, 1.54) is 7.05 Å². The van der Waals surface area contributed by atoms with Gasteiger partial charge >= 0.3 is 0 Å². The molecule has 1 heterocycles. The van der Waals surface area contributed by atoms with Crippen LogP contribution >= 0.6 is 0 Å². The minimum Gasteiger partial charge on any atom is -0.329 e. The van der Waals surface area contributed by atoms with Crippen LogP contribution in [-0.2, 0) is 9.84 Å². The molecular weight excluding hydrogens is 288 g/mol. The number of pyridine rings is 1. The number of aromatic nitrogens is 1. The molecule has 0 saturated heterocycles. The van der Waals surface area contributed by atoms with Crippen LogP contribution in [0.25, 0.3) is 11.8 Å². The van der Waals surface area contributed by atoms with Crippen LogP contribution in [0.3, 0.4) is 0 Å². The zero-order chi connectivity index (χ0) is 16.0. The predicted octanol–water partition coefficient (Wildman–Crippen LogP) is 2.04. The molecule has 0 aromatic carbocycles. The summed E-state index contributed by atoms with van der Waals surface area (Å²) in [5, 5.41) is 2.66. The number of hydrogen-bond donors (Lipinski definition) is 1. The van der Waals surface area contributed by atoms with Crippen LogP contribution in [0.1, 0.15) is 18.2 Å². The van der Waals surface area contributed by atoms with Gasteiger partial charge < -0.3 is 5.32 Å². The van der Waals surface area contributed by atoms with Crippen LogP contribution in [-0.4, -0.2) is 38.6 Å². The Morgan fingerprint density at radius 2 is 2.14 bits per heavy atom. The van der Waals surface area contributed by atoms with Gasteiger partial charge in [0.25, 0.3) is 0 Å². The average molecular weight is 306 g/mol. The molecule has 0 bridgehead atoms. The SMILES string of the molecule is C=Cc1cc(/C(=C/C)NC(=NC)S(C)(=O)=O)ncc1N=C. The van der Waals surface area contributed by atoms with Crippen molar-refractivity contribution in [3.05, 3.63) is 36.2 Å². The summed E-state index contributed by atoms with van der Waals surface area (Å²) >= 11 is 0. The number of sulfone groups is 1. The maximum atomic E-state index is 11.6. The Morgan fingerprint density at radius 3 is 2.57 bits per heavy atom. The van der Waals surface area contributed by atoms with Gasteiger partial charge in [0, 0.05) is 18.9 Å². The van der Waals surface area contributed by atoms with Gasteiger partial charge in [0.1, 0.15) is 0 Å². The van der Waals surface area contributed by atoms with Crippen molar-refractivity contribution in [3.8, 4) is 0 Å². The summed E-state index contributed by atoms with van der Waals surface area (Å²) in [6.07, 6.45) is 5.98. The third-order valence-corrected chi connectivity index (χ3v) is 3.65. The summed E-state index contributed by atoms with van der Waals surface area (Å²) in [5.41, 5.74) is 2.45. The fourth-order valence-corrected chi connectivity index (χ4v) is 2.25. The Kier molecular flexibility index (Phi) is 5.54. The van der Waals surface area contributed by atoms with E-state index in [2.05, 4.69) is 33.6 Å². The Hall–Kier alpha value is -2.28. The van der Waals surface area contributed by atoms with Gasteiger partial charge in [-0.2, -0.15) is 0 Å². The normalized spacial score (nSPS) is 12.9. The molecule has 0 aliphatic rings. The number of amidine groups is 1. The van der Waals surface area contributed by atoms with Gasteiger partial charge in [-0.1, -0.05) is 18.7 Å². The van der Waals surface area contributed by atoms with E-state index < -0.39 is 9.84 Å². The van der Waals surface area contributed by atoms with E-state index in [9.17, 15) is 8.42 Å². The molecule has 0 aliphatic heterocycles. The molecule has 1 aromatic rings. The fraction of sp³-hybridized carbons (Fsp3) is 0.214. The van der Waals surface area contributed by atoms with Crippen molar-refractivity contribution >= 4 is 39.2 Å². The molecule has 6 nitrogen and oxygen atoms in total. The minimum atomic E-state index is -3.44. The maximum absolute atomic E-state index is 11.6. The molecule has 1 aromatic heterocycles. The number of rotatable bonds is 4. The molecule has 112 valence electrons. The Labute approximate surface area is 125 Å². The van der Waals surface area contributed by atoms with Crippen molar-refractivity contribution in [3.63, 3.8) is 0 Å². The van der Waals surface area contributed by atoms with Gasteiger partial charge in [-0.15, -0.1) is 0 Å². The van der Waals surface area contributed by atoms with Gasteiger partial charge in [-0.25, -0.2) is 8.42 Å². The second-order valence-corrected chi connectivity index (χ2v) is 6.05. The van der Waals surface area contributed by atoms with Crippen LogP contribution in [0.5, 0.6) is 0 Å². The summed E-state index contributed by atoms with van der Waals surface area (Å²) in [6, 6.07) is 1.74. The molecular formula is C14H18N4O2S. The van der Waals surface area contributed by atoms with E-state index in [1.54, 1.807) is 31.3 Å². The molecule has 0 atom stereocenters. The number of hydrogen-bond acceptors (Lipinski definition) is 5. The van der Waals surface area contributed by atoms with Crippen LogP contribution in [0, 0.1) is 0 Å². The Morgan fingerprint density at radius 1 is 1.48 bits per heavy atom. The quantitative estimate of drug-likeness (QED) is 0.681. The van der Waals surface area contributed by atoms with E-state index >= 15 is 0 Å². The highest BCUT2D eigenvalue weighted by Crippen LogP contribution is 2.22. The molecule has 7 heteroatoms. The van der Waals surface area contributed by atoms with Crippen LogP contribution < -0.4 is 5.32 Å². The molecule has 0 saturated carbocycles. The minimum absolute atomic E-state index is 0.122. The highest BCUT2D eigenvalue weighted by atomic mass is 32.2. The van der Waals surface area contributed by atoms with Gasteiger partial charge in [0.2, 0.25) is 15.0 Å². The topological polar surface area (TPSA) is 83.8 Å². The molecule has 1 rings (SSSR count). The largest absolute Gasteiger partial charge is 0.329 e. The zero-order valence-corrected chi connectivity index (χ0v) is 13.1. The van der Waals surface area contributed by atoms with E-state index in [0.717, 1.165) is 11.8 Å². The first-order valence-corrected chi connectivity index (χ1v) is 7.96. The number of nitrogens with one attached hydrogen (secondary N) is 1. The molecule has 0 amide bonds. The van der Waals surface area contributed by atoms with Gasteiger partial charge in [-0.3, -0.25) is 15.0 Å². The number of allylic oxidation sites excluding steroid dienone is 1. The third kappa shape index (κ3) is 4.09. The van der Waals surface area contributed by atoms with E-state index in [1.807, 2.05) is 0 Å². The average Bonchev–Trinajstić information content (AvgIpc) is 2.46. The first-order chi connectivity index (χ1) is 9.87. The molecule has 0 fully saturated rings. The van der Waals surface area contributed by atoms with Crippen molar-refractivity contribution in [2.75, 3.05) is 13.3 Å². The van der Waals surface area contributed by atoms with Crippen molar-refractivity contribution in [1.29, 1.82) is 0 Å². The first kappa shape index (κ1) is 16.8. The van der Waals surface area contributed by atoms with Crippen molar-refractivity contribution in [2.45, 2.75) is 6.92 Å². The lowest BCUT2D eigenvalue weighted by atomic mass is 10.1. The highest BCUT2D eigenvalue weighted by molar-refractivity contribution is 8.05. The molecule has 0 unspecified atom stereocenters. The van der Waals surface area contributed by atoms with Crippen molar-refractivity contribution in [1.82, 2.24) is 10.3 Å². The first-order valence-electron chi connectivity index (χ1n) is 6.07. The smallest absolute Gasteiger partial charge is 0.220 e. The lowest BCUT2D eigenvalue weighted by Crippen LogP contribution is -2.29. The van der Waals surface area contributed by atoms with Gasteiger partial charge in [0.15, 0.2) is 0 Å². The molecule has 21 heavy (non-hydrogen) atoms. The number of nitrogens with zero attached hydrogens (tertiary/aromatic N) is 3. The zero-order valence-electron chi connectivity index (χ0n) is 12.3. The van der Waals surface area contributed by atoms with Crippen LogP contribution in [0.4, 0.5) is 5.69 Å². The van der Waals surface area contributed by atoms with E-state index in [-0.39, 0.29) is 5.17 Å². The second kappa shape index (κ2) is 6.94. The lowest BCUT2D eigenvalue weighted by Gasteiger charge is -2.12. The monoisotopic (exact) mass is 306 g/mol. The Balaban J connectivity index is 3.24. The van der Waals surface area contributed by atoms with Crippen molar-refractivity contribution in [2.24, 2.45) is 9.98 Å². The van der Waals surface area contributed by atoms with Gasteiger partial charge in [0.05, 0.1) is 23.3 Å². The summed E-state index contributed by atoms with van der Waals surface area (Å²) in [4.78, 5) is 11.8. The Bertz CT molecular complexity index is 718. The summed E-state index contributed by atoms with van der Waals surface area (Å²) in [7, 11) is -2.03. The molecule has 0 spiro atoms. The molecule has 0 aliphatic carbocycles.